The molecule has 0 aliphatic heterocycles. The number of thioether (sulfide) groups is 2. The number of allylic oxidation sites excluding steroid dienone is 1. The second kappa shape index (κ2) is 9.81. The second-order valence-corrected chi connectivity index (χ2v) is 6.27. The summed E-state index contributed by atoms with van der Waals surface area (Å²) in [7, 11) is 1.23. The van der Waals surface area contributed by atoms with Crippen LogP contribution >= 0.6 is 23.5 Å². The van der Waals surface area contributed by atoms with Crippen molar-refractivity contribution in [2.45, 2.75) is 16.7 Å². The van der Waals surface area contributed by atoms with Crippen molar-refractivity contribution in [1.82, 2.24) is 0 Å². The van der Waals surface area contributed by atoms with Gasteiger partial charge < -0.3 is 4.74 Å². The minimum Gasteiger partial charge on any atom is -0.466 e. The van der Waals surface area contributed by atoms with E-state index in [1.54, 1.807) is 24.3 Å². The Bertz CT molecular complexity index is 660. The molecule has 0 saturated carbocycles. The van der Waals surface area contributed by atoms with Crippen LogP contribution in [0.3, 0.4) is 0 Å². The molecule has 120 valence electrons. The van der Waals surface area contributed by atoms with Gasteiger partial charge in [-0.2, -0.15) is 0 Å². The van der Waals surface area contributed by atoms with Crippen LogP contribution < -0.4 is 0 Å². The fraction of sp³-hybridized carbons (Fsp3) is 0.125. The van der Waals surface area contributed by atoms with E-state index >= 15 is 0 Å². The number of esters is 1. The molecule has 7 heteroatoms. The monoisotopic (exact) mass is 350 g/mol. The first-order chi connectivity index (χ1) is 10.9. The van der Waals surface area contributed by atoms with Crippen molar-refractivity contribution in [3.8, 4) is 0 Å². The van der Waals surface area contributed by atoms with Gasteiger partial charge in [-0.15, -0.1) is 0 Å². The molecule has 0 amide bonds. The minimum absolute atomic E-state index is 0.191. The van der Waals surface area contributed by atoms with Gasteiger partial charge in [-0.25, -0.2) is 4.79 Å². The lowest BCUT2D eigenvalue weighted by Crippen LogP contribution is -1.95. The largest absolute Gasteiger partial charge is 0.466 e. The van der Waals surface area contributed by atoms with Crippen molar-refractivity contribution in [1.29, 1.82) is 0 Å². The Morgan fingerprint density at radius 2 is 1.26 bits per heavy atom. The van der Waals surface area contributed by atoms with Crippen LogP contribution in [0.4, 0.5) is 0 Å². The second-order valence-electron chi connectivity index (χ2n) is 4.11. The van der Waals surface area contributed by atoms with Crippen molar-refractivity contribution >= 4 is 45.5 Å². The molecule has 5 nitrogen and oxygen atoms in total. The lowest BCUT2D eigenvalue weighted by Gasteiger charge is -2.00. The van der Waals surface area contributed by atoms with E-state index in [1.807, 2.05) is 0 Å². The van der Waals surface area contributed by atoms with Gasteiger partial charge in [0.25, 0.3) is 0 Å². The Kier molecular flexibility index (Phi) is 8.07. The Balaban J connectivity index is 2.58. The van der Waals surface area contributed by atoms with Crippen LogP contribution in [0.25, 0.3) is 0 Å². The summed E-state index contributed by atoms with van der Waals surface area (Å²) in [6.07, 6.45) is 4.62. The van der Waals surface area contributed by atoms with Gasteiger partial charge in [0.15, 0.2) is 5.78 Å². The molecule has 23 heavy (non-hydrogen) atoms. The van der Waals surface area contributed by atoms with Gasteiger partial charge >= 0.3 is 5.97 Å². The van der Waals surface area contributed by atoms with E-state index in [0.717, 1.165) is 35.7 Å². The summed E-state index contributed by atoms with van der Waals surface area (Å²) >= 11 is 1.93. The highest BCUT2D eigenvalue weighted by molar-refractivity contribution is 8.14. The van der Waals surface area contributed by atoms with Crippen LogP contribution in [0.15, 0.2) is 58.4 Å². The van der Waals surface area contributed by atoms with Crippen molar-refractivity contribution < 1.29 is 23.9 Å². The maximum atomic E-state index is 11.6. The highest BCUT2D eigenvalue weighted by atomic mass is 32.2. The Morgan fingerprint density at radius 1 is 0.826 bits per heavy atom. The topological polar surface area (TPSA) is 77.5 Å². The third-order valence-corrected chi connectivity index (χ3v) is 3.96. The third kappa shape index (κ3) is 8.18. The number of carbonyl (C=O) groups is 4. The van der Waals surface area contributed by atoms with Crippen LogP contribution in [0.1, 0.15) is 6.92 Å². The predicted molar refractivity (Wildman–Crippen MR) is 89.1 cm³/mol. The maximum Gasteiger partial charge on any atom is 0.330 e. The average Bonchev–Trinajstić information content (AvgIpc) is 2.52. The van der Waals surface area contributed by atoms with Gasteiger partial charge in [0.1, 0.15) is 0 Å². The minimum atomic E-state index is -0.595. The number of ether oxygens (including phenoxy) is 1. The number of hydrogen-bond donors (Lipinski definition) is 0. The van der Waals surface area contributed by atoms with Crippen molar-refractivity contribution in [2.24, 2.45) is 0 Å². The van der Waals surface area contributed by atoms with E-state index in [-0.39, 0.29) is 16.0 Å². The number of benzene rings is 1. The van der Waals surface area contributed by atoms with Gasteiger partial charge in [-0.05, 0) is 72.9 Å². The van der Waals surface area contributed by atoms with Crippen LogP contribution in [-0.2, 0) is 23.9 Å². The quantitative estimate of drug-likeness (QED) is 0.443. The molecule has 0 aliphatic rings. The van der Waals surface area contributed by atoms with Crippen LogP contribution in [0.5, 0.6) is 0 Å². The first kappa shape index (κ1) is 18.9. The Labute approximate surface area is 142 Å². The molecule has 0 atom stereocenters. The van der Waals surface area contributed by atoms with E-state index in [1.165, 1.54) is 26.2 Å². The fourth-order valence-corrected chi connectivity index (χ4v) is 2.55. The van der Waals surface area contributed by atoms with Crippen molar-refractivity contribution in [2.75, 3.05) is 7.11 Å². The first-order valence-corrected chi connectivity index (χ1v) is 8.02. The number of hydrogen-bond acceptors (Lipinski definition) is 7. The van der Waals surface area contributed by atoms with E-state index in [9.17, 15) is 19.2 Å². The van der Waals surface area contributed by atoms with Gasteiger partial charge in [-0.1, -0.05) is 0 Å². The molecule has 1 aromatic rings. The first-order valence-electron chi connectivity index (χ1n) is 6.39. The highest BCUT2D eigenvalue weighted by Gasteiger charge is 2.05. The number of carbonyl (C=O) groups excluding carboxylic acids is 4. The molecule has 0 bridgehead atoms. The van der Waals surface area contributed by atoms with E-state index in [4.69, 9.17) is 0 Å². The van der Waals surface area contributed by atoms with Crippen LogP contribution in [-0.4, -0.2) is 29.1 Å². The smallest absolute Gasteiger partial charge is 0.330 e. The van der Waals surface area contributed by atoms with Gasteiger partial charge in [0.05, 0.1) is 7.11 Å². The van der Waals surface area contributed by atoms with E-state index in [2.05, 4.69) is 4.74 Å². The lowest BCUT2D eigenvalue weighted by molar-refractivity contribution is -0.135. The summed E-state index contributed by atoms with van der Waals surface area (Å²) in [5.74, 6) is -0.785. The summed E-state index contributed by atoms with van der Waals surface area (Å²) in [6, 6.07) is 6.78. The predicted octanol–water partition coefficient (Wildman–Crippen LogP) is 2.80. The molecule has 0 fully saturated rings. The van der Waals surface area contributed by atoms with Crippen molar-refractivity contribution in [3.63, 3.8) is 0 Å². The number of rotatable bonds is 6. The SMILES string of the molecule is COC(=O)/C=C\C(=O)Sc1ccc(SC(=O)/C=C\C(C)=O)cc1. The molecule has 1 aromatic carbocycles. The zero-order valence-electron chi connectivity index (χ0n) is 12.5. The summed E-state index contributed by atoms with van der Waals surface area (Å²) < 4.78 is 4.39. The van der Waals surface area contributed by atoms with E-state index < -0.39 is 5.97 Å². The molecular formula is C16H14O5S2. The van der Waals surface area contributed by atoms with Gasteiger partial charge in [0, 0.05) is 15.9 Å². The van der Waals surface area contributed by atoms with Gasteiger partial charge in [-0.3, -0.25) is 14.4 Å². The number of ketones is 1. The molecule has 0 aliphatic carbocycles. The molecule has 0 N–H and O–H groups in total. The number of methoxy groups -OCH3 is 1. The zero-order valence-corrected chi connectivity index (χ0v) is 14.1. The molecule has 0 heterocycles. The summed E-state index contributed by atoms with van der Waals surface area (Å²) in [6.45, 7) is 1.37. The van der Waals surface area contributed by atoms with E-state index in [0.29, 0.717) is 9.79 Å². The average molecular weight is 350 g/mol. The zero-order chi connectivity index (χ0) is 17.2. The molecule has 0 saturated heterocycles. The third-order valence-electron chi connectivity index (χ3n) is 2.27. The normalized spacial score (nSPS) is 10.9. The van der Waals surface area contributed by atoms with Crippen molar-refractivity contribution in [3.05, 3.63) is 48.6 Å². The van der Waals surface area contributed by atoms with Gasteiger partial charge in [0.2, 0.25) is 10.2 Å². The molecule has 0 unspecified atom stereocenters. The molecular weight excluding hydrogens is 336 g/mol. The maximum absolute atomic E-state index is 11.6. The summed E-state index contributed by atoms with van der Waals surface area (Å²) in [5.41, 5.74) is 0. The lowest BCUT2D eigenvalue weighted by atomic mass is 10.4. The Morgan fingerprint density at radius 3 is 1.65 bits per heavy atom. The summed E-state index contributed by atoms with van der Waals surface area (Å²) in [4.78, 5) is 46.2. The molecule has 1 rings (SSSR count). The molecule has 0 radical (unpaired) electrons. The standard InChI is InChI=1S/C16H14O5S2/c1-11(17)3-9-15(19)22-12-4-6-13(7-5-12)23-16(20)10-8-14(18)21-2/h3-10H,1-2H3/b9-3-,10-8-. The van der Waals surface area contributed by atoms with Crippen LogP contribution in [0.2, 0.25) is 0 Å². The Hall–Kier alpha value is -2.12. The fourth-order valence-electron chi connectivity index (χ4n) is 1.27. The highest BCUT2D eigenvalue weighted by Crippen LogP contribution is 2.25. The molecule has 0 spiro atoms. The molecule has 0 aromatic heterocycles. The summed E-state index contributed by atoms with van der Waals surface area (Å²) in [5, 5.41) is -0.561. The van der Waals surface area contributed by atoms with Crippen LogP contribution in [0, 0.1) is 0 Å².